The summed E-state index contributed by atoms with van der Waals surface area (Å²) >= 11 is 3.17. The molecule has 128 valence electrons. The first-order valence-electron chi connectivity index (χ1n) is 7.66. The smallest absolute Gasteiger partial charge is 0.338 e. The third-order valence-electron chi connectivity index (χ3n) is 3.09. The Morgan fingerprint density at radius 1 is 1.33 bits per heavy atom. The first kappa shape index (κ1) is 18.5. The second kappa shape index (κ2) is 9.44. The van der Waals surface area contributed by atoms with Crippen LogP contribution in [0.4, 0.5) is 0 Å². The Bertz CT molecular complexity index is 701. The standard InChI is InChI=1S/C17H20N2O3S2/c1-3-8-18-15(20)9-22-16(21)14-7-5-4-6-13(14)11-24-17-19-12(2)10-23-17/h4-7,10H,3,8-9,11H2,1-2H3,(H,18,20). The minimum absolute atomic E-state index is 0.258. The van der Waals surface area contributed by atoms with Crippen molar-refractivity contribution in [3.63, 3.8) is 0 Å². The average Bonchev–Trinajstić information content (AvgIpc) is 3.01. The number of benzene rings is 1. The van der Waals surface area contributed by atoms with Crippen molar-refractivity contribution in [2.24, 2.45) is 0 Å². The number of nitrogens with one attached hydrogen (secondary N) is 1. The van der Waals surface area contributed by atoms with E-state index >= 15 is 0 Å². The van der Waals surface area contributed by atoms with Crippen LogP contribution >= 0.6 is 23.1 Å². The fourth-order valence-corrected chi connectivity index (χ4v) is 3.76. The Kier molecular flexibility index (Phi) is 7.27. The van der Waals surface area contributed by atoms with Crippen LogP contribution in [0.2, 0.25) is 0 Å². The lowest BCUT2D eigenvalue weighted by Crippen LogP contribution is -2.29. The molecule has 1 heterocycles. The van der Waals surface area contributed by atoms with E-state index in [0.717, 1.165) is 22.0 Å². The molecular weight excluding hydrogens is 344 g/mol. The zero-order chi connectivity index (χ0) is 17.4. The van der Waals surface area contributed by atoms with Gasteiger partial charge in [0.25, 0.3) is 5.91 Å². The van der Waals surface area contributed by atoms with Gasteiger partial charge in [-0.05, 0) is 25.0 Å². The first-order valence-corrected chi connectivity index (χ1v) is 9.53. The van der Waals surface area contributed by atoms with E-state index in [2.05, 4.69) is 10.3 Å². The summed E-state index contributed by atoms with van der Waals surface area (Å²) in [6.45, 7) is 4.24. The lowest BCUT2D eigenvalue weighted by Gasteiger charge is -2.09. The van der Waals surface area contributed by atoms with Gasteiger partial charge in [-0.15, -0.1) is 11.3 Å². The summed E-state index contributed by atoms with van der Waals surface area (Å²) in [5, 5.41) is 4.67. The van der Waals surface area contributed by atoms with Gasteiger partial charge >= 0.3 is 5.97 Å². The van der Waals surface area contributed by atoms with E-state index in [9.17, 15) is 9.59 Å². The SMILES string of the molecule is CCCNC(=O)COC(=O)c1ccccc1CSc1nc(C)cs1. The molecule has 5 nitrogen and oxygen atoms in total. The Balaban J connectivity index is 1.94. The van der Waals surface area contributed by atoms with Crippen LogP contribution in [0, 0.1) is 6.92 Å². The van der Waals surface area contributed by atoms with Crippen molar-refractivity contribution < 1.29 is 14.3 Å². The van der Waals surface area contributed by atoms with Crippen LogP contribution in [0.3, 0.4) is 0 Å². The van der Waals surface area contributed by atoms with Crippen molar-refractivity contribution in [1.82, 2.24) is 10.3 Å². The lowest BCUT2D eigenvalue weighted by atomic mass is 10.1. The number of aryl methyl sites for hydroxylation is 1. The van der Waals surface area contributed by atoms with Crippen molar-refractivity contribution in [1.29, 1.82) is 0 Å². The van der Waals surface area contributed by atoms with Gasteiger partial charge in [-0.1, -0.05) is 36.9 Å². The van der Waals surface area contributed by atoms with E-state index in [1.165, 1.54) is 0 Å². The monoisotopic (exact) mass is 364 g/mol. The summed E-state index contributed by atoms with van der Waals surface area (Å²) in [5.41, 5.74) is 2.35. The van der Waals surface area contributed by atoms with Crippen molar-refractivity contribution in [2.45, 2.75) is 30.4 Å². The highest BCUT2D eigenvalue weighted by Crippen LogP contribution is 2.27. The number of thioether (sulfide) groups is 1. The quantitative estimate of drug-likeness (QED) is 0.574. The Labute approximate surface area is 149 Å². The summed E-state index contributed by atoms with van der Waals surface area (Å²) in [6.07, 6.45) is 0.843. The van der Waals surface area contributed by atoms with Crippen LogP contribution < -0.4 is 5.32 Å². The number of hydrogen-bond acceptors (Lipinski definition) is 6. The predicted molar refractivity (Wildman–Crippen MR) is 96.4 cm³/mol. The van der Waals surface area contributed by atoms with Gasteiger partial charge in [0.15, 0.2) is 6.61 Å². The summed E-state index contributed by atoms with van der Waals surface area (Å²) in [5.74, 6) is -0.135. The van der Waals surface area contributed by atoms with Crippen LogP contribution in [0.5, 0.6) is 0 Å². The van der Waals surface area contributed by atoms with Gasteiger partial charge in [0.2, 0.25) is 0 Å². The Morgan fingerprint density at radius 2 is 2.12 bits per heavy atom. The fourth-order valence-electron chi connectivity index (χ4n) is 1.91. The second-order valence-corrected chi connectivity index (χ2v) is 7.21. The van der Waals surface area contributed by atoms with E-state index in [1.54, 1.807) is 35.2 Å². The van der Waals surface area contributed by atoms with Crippen LogP contribution in [0.15, 0.2) is 34.0 Å². The summed E-state index contributed by atoms with van der Waals surface area (Å²) in [4.78, 5) is 28.2. The molecule has 0 spiro atoms. The van der Waals surface area contributed by atoms with Gasteiger partial charge < -0.3 is 10.1 Å². The maximum absolute atomic E-state index is 12.2. The molecule has 0 saturated heterocycles. The van der Waals surface area contributed by atoms with E-state index < -0.39 is 5.97 Å². The zero-order valence-electron chi connectivity index (χ0n) is 13.7. The average molecular weight is 364 g/mol. The number of ether oxygens (including phenoxy) is 1. The number of esters is 1. The molecule has 2 rings (SSSR count). The van der Waals surface area contributed by atoms with E-state index in [4.69, 9.17) is 4.74 Å². The summed E-state index contributed by atoms with van der Waals surface area (Å²) in [6, 6.07) is 7.28. The molecule has 0 saturated carbocycles. The van der Waals surface area contributed by atoms with Crippen molar-refractivity contribution in [3.05, 3.63) is 46.5 Å². The highest BCUT2D eigenvalue weighted by molar-refractivity contribution is 8.00. The number of carbonyl (C=O) groups excluding carboxylic acids is 2. The van der Waals surface area contributed by atoms with E-state index in [-0.39, 0.29) is 12.5 Å². The Hall–Kier alpha value is -1.86. The fraction of sp³-hybridized carbons (Fsp3) is 0.353. The molecule has 1 aromatic heterocycles. The highest BCUT2D eigenvalue weighted by atomic mass is 32.2. The molecule has 0 fully saturated rings. The Morgan fingerprint density at radius 3 is 2.83 bits per heavy atom. The van der Waals surface area contributed by atoms with Gasteiger partial charge in [-0.2, -0.15) is 0 Å². The van der Waals surface area contributed by atoms with Crippen molar-refractivity contribution in [2.75, 3.05) is 13.2 Å². The summed E-state index contributed by atoms with van der Waals surface area (Å²) < 4.78 is 6.08. The number of thiazole rings is 1. The molecule has 0 radical (unpaired) electrons. The molecule has 0 aliphatic rings. The molecule has 0 aliphatic heterocycles. The molecule has 0 aliphatic carbocycles. The van der Waals surface area contributed by atoms with Gasteiger partial charge in [-0.25, -0.2) is 9.78 Å². The summed E-state index contributed by atoms with van der Waals surface area (Å²) in [7, 11) is 0. The number of hydrogen-bond donors (Lipinski definition) is 1. The molecule has 2 aromatic rings. The first-order chi connectivity index (χ1) is 11.6. The van der Waals surface area contributed by atoms with Crippen LogP contribution in [-0.2, 0) is 15.3 Å². The van der Waals surface area contributed by atoms with E-state index in [0.29, 0.717) is 17.9 Å². The number of aromatic nitrogens is 1. The third-order valence-corrected chi connectivity index (χ3v) is 5.28. The third kappa shape index (κ3) is 5.65. The number of nitrogens with zero attached hydrogens (tertiary/aromatic N) is 1. The number of amides is 1. The highest BCUT2D eigenvalue weighted by Gasteiger charge is 2.14. The van der Waals surface area contributed by atoms with Gasteiger partial charge in [0.05, 0.1) is 5.56 Å². The van der Waals surface area contributed by atoms with Gasteiger partial charge in [0, 0.05) is 23.4 Å². The number of carbonyl (C=O) groups is 2. The molecule has 24 heavy (non-hydrogen) atoms. The number of rotatable bonds is 8. The molecule has 1 N–H and O–H groups in total. The molecular formula is C17H20N2O3S2. The maximum Gasteiger partial charge on any atom is 0.338 e. The van der Waals surface area contributed by atoms with Gasteiger partial charge in [0.1, 0.15) is 4.34 Å². The molecule has 7 heteroatoms. The van der Waals surface area contributed by atoms with Crippen molar-refractivity contribution >= 4 is 35.0 Å². The molecule has 0 bridgehead atoms. The minimum atomic E-state index is -0.479. The largest absolute Gasteiger partial charge is 0.452 e. The normalized spacial score (nSPS) is 10.4. The van der Waals surface area contributed by atoms with Crippen molar-refractivity contribution in [3.8, 4) is 0 Å². The second-order valence-electron chi connectivity index (χ2n) is 5.13. The lowest BCUT2D eigenvalue weighted by molar-refractivity contribution is -0.124. The van der Waals surface area contributed by atoms with Crippen LogP contribution in [0.1, 0.15) is 35.0 Å². The molecule has 0 unspecified atom stereocenters. The topological polar surface area (TPSA) is 68.3 Å². The van der Waals surface area contributed by atoms with Gasteiger partial charge in [-0.3, -0.25) is 4.79 Å². The molecule has 1 amide bonds. The van der Waals surface area contributed by atoms with Crippen LogP contribution in [0.25, 0.3) is 0 Å². The molecule has 0 atom stereocenters. The zero-order valence-corrected chi connectivity index (χ0v) is 15.3. The minimum Gasteiger partial charge on any atom is -0.452 e. The van der Waals surface area contributed by atoms with E-state index in [1.807, 2.05) is 31.4 Å². The van der Waals surface area contributed by atoms with Crippen LogP contribution in [-0.4, -0.2) is 30.0 Å². The maximum atomic E-state index is 12.2. The predicted octanol–water partition coefficient (Wildman–Crippen LogP) is 3.43. The molecule has 1 aromatic carbocycles.